The van der Waals surface area contributed by atoms with E-state index in [2.05, 4.69) is 18.6 Å². The third kappa shape index (κ3) is 5.43. The summed E-state index contributed by atoms with van der Waals surface area (Å²) in [4.78, 5) is 9.95. The van der Waals surface area contributed by atoms with Gasteiger partial charge in [0.25, 0.3) is 5.69 Å². The third-order valence-electron chi connectivity index (χ3n) is 3.13. The van der Waals surface area contributed by atoms with E-state index in [1.54, 1.807) is 6.92 Å². The summed E-state index contributed by atoms with van der Waals surface area (Å²) in [5.74, 6) is 0.573. The molecule has 0 fully saturated rings. The van der Waals surface area contributed by atoms with Crippen LogP contribution in [0.2, 0.25) is 0 Å². The van der Waals surface area contributed by atoms with Gasteiger partial charge in [-0.05, 0) is 25.3 Å². The van der Waals surface area contributed by atoms with Crippen molar-refractivity contribution in [3.05, 3.63) is 34.4 Å². The summed E-state index contributed by atoms with van der Waals surface area (Å²) in [7, 11) is -3.88. The van der Waals surface area contributed by atoms with Crippen LogP contribution in [0.5, 0.6) is 0 Å². The van der Waals surface area contributed by atoms with Gasteiger partial charge in [-0.15, -0.1) is 0 Å². The molecule has 0 aliphatic carbocycles. The molecular weight excluding hydrogens is 292 g/mol. The van der Waals surface area contributed by atoms with Gasteiger partial charge in [-0.2, -0.15) is 0 Å². The summed E-state index contributed by atoms with van der Waals surface area (Å²) >= 11 is 0. The van der Waals surface area contributed by atoms with Crippen LogP contribution in [0.25, 0.3) is 0 Å². The summed E-state index contributed by atoms with van der Waals surface area (Å²) in [5.41, 5.74) is -0.403. The summed E-state index contributed by atoms with van der Waals surface area (Å²) in [6.07, 6.45) is 2.65. The van der Waals surface area contributed by atoms with E-state index < -0.39 is 20.6 Å². The summed E-state index contributed by atoms with van der Waals surface area (Å²) in [6, 6.07) is 5.11. The van der Waals surface area contributed by atoms with Crippen molar-refractivity contribution in [3.63, 3.8) is 0 Å². The number of nitrogens with zero attached hydrogens (tertiary/aromatic N) is 1. The molecule has 1 rings (SSSR count). The summed E-state index contributed by atoms with van der Waals surface area (Å²) in [5, 5.41) is 10.9. The van der Waals surface area contributed by atoms with Gasteiger partial charge < -0.3 is 0 Å². The molecule has 0 aromatic heterocycles. The first-order valence-electron chi connectivity index (χ1n) is 6.99. The van der Waals surface area contributed by atoms with Crippen molar-refractivity contribution in [1.29, 1.82) is 0 Å². The lowest BCUT2D eigenvalue weighted by molar-refractivity contribution is -0.387. The van der Waals surface area contributed by atoms with Crippen LogP contribution in [0.3, 0.4) is 0 Å². The number of para-hydroxylation sites is 1. The Balaban J connectivity index is 2.80. The zero-order chi connectivity index (χ0) is 16.0. The monoisotopic (exact) mass is 314 g/mol. The van der Waals surface area contributed by atoms with Crippen LogP contribution in [-0.2, 0) is 10.0 Å². The molecule has 0 amide bonds. The van der Waals surface area contributed by atoms with Gasteiger partial charge in [-0.1, -0.05) is 38.8 Å². The first-order valence-corrected chi connectivity index (χ1v) is 8.48. The highest BCUT2D eigenvalue weighted by Crippen LogP contribution is 2.23. The first-order chi connectivity index (χ1) is 9.74. The Morgan fingerprint density at radius 1 is 1.19 bits per heavy atom. The van der Waals surface area contributed by atoms with E-state index in [0.29, 0.717) is 12.3 Å². The standard InChI is InChI=1S/C14H22N2O4S/c1-11(2)7-6-8-12(3)15-21(19,20)14-10-5-4-9-13(14)16(17)18/h4-5,9-12,15H,6-8H2,1-3H3/t12-/m1/s1. The van der Waals surface area contributed by atoms with Crippen molar-refractivity contribution in [2.75, 3.05) is 0 Å². The Hall–Kier alpha value is -1.47. The highest BCUT2D eigenvalue weighted by molar-refractivity contribution is 7.89. The zero-order valence-electron chi connectivity index (χ0n) is 12.6. The fourth-order valence-electron chi connectivity index (χ4n) is 2.05. The van der Waals surface area contributed by atoms with E-state index in [9.17, 15) is 18.5 Å². The molecule has 0 heterocycles. The molecule has 0 unspecified atom stereocenters. The maximum absolute atomic E-state index is 12.2. The summed E-state index contributed by atoms with van der Waals surface area (Å²) < 4.78 is 27.0. The third-order valence-corrected chi connectivity index (χ3v) is 4.76. The van der Waals surface area contributed by atoms with E-state index in [1.165, 1.54) is 24.3 Å². The molecule has 118 valence electrons. The SMILES string of the molecule is CC(C)CCC[C@@H](C)NS(=O)(=O)c1ccccc1[N+](=O)[O-]. The van der Waals surface area contributed by atoms with E-state index in [4.69, 9.17) is 0 Å². The van der Waals surface area contributed by atoms with Crippen molar-refractivity contribution in [3.8, 4) is 0 Å². The van der Waals surface area contributed by atoms with Gasteiger partial charge in [0.1, 0.15) is 0 Å². The predicted molar refractivity (Wildman–Crippen MR) is 81.6 cm³/mol. The number of hydrogen-bond donors (Lipinski definition) is 1. The highest BCUT2D eigenvalue weighted by atomic mass is 32.2. The van der Waals surface area contributed by atoms with Crippen LogP contribution in [0.4, 0.5) is 5.69 Å². The largest absolute Gasteiger partial charge is 0.289 e. The Morgan fingerprint density at radius 2 is 1.81 bits per heavy atom. The van der Waals surface area contributed by atoms with Gasteiger partial charge in [0.2, 0.25) is 10.0 Å². The van der Waals surface area contributed by atoms with Gasteiger partial charge in [0.05, 0.1) is 4.92 Å². The molecule has 1 N–H and O–H groups in total. The Morgan fingerprint density at radius 3 is 2.38 bits per heavy atom. The number of rotatable bonds is 8. The average molecular weight is 314 g/mol. The summed E-state index contributed by atoms with van der Waals surface area (Å²) in [6.45, 7) is 6.00. The molecule has 0 aliphatic heterocycles. The quantitative estimate of drug-likeness (QED) is 0.590. The Labute approximate surface area is 125 Å². The maximum atomic E-state index is 12.2. The molecule has 0 radical (unpaired) electrons. The average Bonchev–Trinajstić information content (AvgIpc) is 2.37. The van der Waals surface area contributed by atoms with E-state index in [-0.39, 0.29) is 10.9 Å². The van der Waals surface area contributed by atoms with Crippen LogP contribution < -0.4 is 4.72 Å². The fourth-order valence-corrected chi connectivity index (χ4v) is 3.50. The van der Waals surface area contributed by atoms with Gasteiger partial charge in [0, 0.05) is 12.1 Å². The van der Waals surface area contributed by atoms with Crippen LogP contribution in [0, 0.1) is 16.0 Å². The van der Waals surface area contributed by atoms with Crippen molar-refractivity contribution in [1.82, 2.24) is 4.72 Å². The first kappa shape index (κ1) is 17.6. The molecule has 0 bridgehead atoms. The topological polar surface area (TPSA) is 89.3 Å². The van der Waals surface area contributed by atoms with E-state index >= 15 is 0 Å². The molecule has 1 atom stereocenters. The number of hydrogen-bond acceptors (Lipinski definition) is 4. The molecule has 1 aromatic rings. The lowest BCUT2D eigenvalue weighted by atomic mass is 10.0. The maximum Gasteiger partial charge on any atom is 0.289 e. The lowest BCUT2D eigenvalue weighted by Gasteiger charge is -2.14. The molecule has 7 heteroatoms. The molecule has 0 spiro atoms. The normalized spacial score (nSPS) is 13.3. The number of nitro benzene ring substituents is 1. The van der Waals surface area contributed by atoms with Crippen LogP contribution in [-0.4, -0.2) is 19.4 Å². The second-order valence-electron chi connectivity index (χ2n) is 5.57. The molecule has 6 nitrogen and oxygen atoms in total. The minimum Gasteiger partial charge on any atom is -0.258 e. The zero-order valence-corrected chi connectivity index (χ0v) is 13.4. The minimum absolute atomic E-state index is 0.256. The molecule has 0 saturated heterocycles. The number of nitrogens with one attached hydrogen (secondary N) is 1. The molecule has 21 heavy (non-hydrogen) atoms. The van der Waals surface area contributed by atoms with Gasteiger partial charge in [-0.25, -0.2) is 13.1 Å². The Bertz CT molecular complexity index is 584. The molecular formula is C14H22N2O4S. The van der Waals surface area contributed by atoms with Crippen LogP contribution in [0.1, 0.15) is 40.0 Å². The molecule has 0 aliphatic rings. The van der Waals surface area contributed by atoms with Gasteiger partial charge in [0.15, 0.2) is 4.90 Å². The fraction of sp³-hybridized carbons (Fsp3) is 0.571. The van der Waals surface area contributed by atoms with Crippen molar-refractivity contribution >= 4 is 15.7 Å². The second-order valence-corrected chi connectivity index (χ2v) is 7.25. The predicted octanol–water partition coefficient (Wildman–Crippen LogP) is 3.09. The number of benzene rings is 1. The van der Waals surface area contributed by atoms with Crippen molar-refractivity contribution < 1.29 is 13.3 Å². The van der Waals surface area contributed by atoms with E-state index in [1.807, 2.05) is 0 Å². The second kappa shape index (κ2) is 7.51. The van der Waals surface area contributed by atoms with Gasteiger partial charge >= 0.3 is 0 Å². The lowest BCUT2D eigenvalue weighted by Crippen LogP contribution is -2.33. The van der Waals surface area contributed by atoms with Crippen LogP contribution in [0.15, 0.2) is 29.2 Å². The number of sulfonamides is 1. The highest BCUT2D eigenvalue weighted by Gasteiger charge is 2.26. The minimum atomic E-state index is -3.88. The Kier molecular flexibility index (Phi) is 6.29. The van der Waals surface area contributed by atoms with Crippen molar-refractivity contribution in [2.45, 2.75) is 51.0 Å². The van der Waals surface area contributed by atoms with Crippen molar-refractivity contribution in [2.24, 2.45) is 5.92 Å². The van der Waals surface area contributed by atoms with Crippen LogP contribution >= 0.6 is 0 Å². The molecule has 1 aromatic carbocycles. The van der Waals surface area contributed by atoms with Gasteiger partial charge in [-0.3, -0.25) is 10.1 Å². The smallest absolute Gasteiger partial charge is 0.258 e. The molecule has 0 saturated carbocycles. The number of nitro groups is 1. The van der Waals surface area contributed by atoms with E-state index in [0.717, 1.165) is 12.8 Å².